The predicted molar refractivity (Wildman–Crippen MR) is 80.2 cm³/mol. The van der Waals surface area contributed by atoms with Crippen molar-refractivity contribution in [2.45, 2.75) is 52.6 Å². The number of carbonyl (C=O) groups excluding carboxylic acids is 1. The topological polar surface area (TPSA) is 35.6 Å². The molecule has 1 N–H and O–H groups in total. The quantitative estimate of drug-likeness (QED) is 0.795. The third kappa shape index (κ3) is 5.11. The molecule has 1 atom stereocenters. The van der Waals surface area contributed by atoms with Crippen LogP contribution in [-0.4, -0.2) is 61.0 Å². The number of nitrogens with zero attached hydrogens (tertiary/aromatic N) is 2. The summed E-state index contributed by atoms with van der Waals surface area (Å²) in [5.41, 5.74) is 0. The van der Waals surface area contributed by atoms with E-state index in [1.165, 1.54) is 12.8 Å². The number of likely N-dealkylation sites (tertiary alicyclic amines) is 1. The van der Waals surface area contributed by atoms with Gasteiger partial charge in [-0.3, -0.25) is 9.69 Å². The average Bonchev–Trinajstić information content (AvgIpc) is 2.28. The summed E-state index contributed by atoms with van der Waals surface area (Å²) in [4.78, 5) is 16.8. The predicted octanol–water partition coefficient (Wildman–Crippen LogP) is 1.56. The zero-order chi connectivity index (χ0) is 14.4. The molecule has 0 bridgehead atoms. The van der Waals surface area contributed by atoms with E-state index < -0.39 is 0 Å². The maximum absolute atomic E-state index is 12.4. The molecule has 0 aliphatic carbocycles. The molecule has 19 heavy (non-hydrogen) atoms. The summed E-state index contributed by atoms with van der Waals surface area (Å²) in [7, 11) is 2.00. The molecule has 0 aromatic rings. The van der Waals surface area contributed by atoms with E-state index in [1.54, 1.807) is 0 Å². The van der Waals surface area contributed by atoms with Crippen molar-refractivity contribution in [1.82, 2.24) is 15.1 Å². The van der Waals surface area contributed by atoms with Gasteiger partial charge in [-0.15, -0.1) is 0 Å². The average molecular weight is 269 g/mol. The van der Waals surface area contributed by atoms with Gasteiger partial charge in [0.2, 0.25) is 5.91 Å². The second-order valence-electron chi connectivity index (χ2n) is 6.29. The minimum atomic E-state index is 0.273. The lowest BCUT2D eigenvalue weighted by Gasteiger charge is -2.36. The molecule has 1 aliphatic rings. The minimum absolute atomic E-state index is 0.273. The normalized spacial score (nSPS) is 21.1. The summed E-state index contributed by atoms with van der Waals surface area (Å²) < 4.78 is 0. The van der Waals surface area contributed by atoms with Gasteiger partial charge in [0, 0.05) is 18.6 Å². The van der Waals surface area contributed by atoms with Gasteiger partial charge in [-0.25, -0.2) is 0 Å². The Morgan fingerprint density at radius 1 is 1.32 bits per heavy atom. The smallest absolute Gasteiger partial charge is 0.237 e. The Hall–Kier alpha value is -0.610. The Kier molecular flexibility index (Phi) is 6.80. The van der Waals surface area contributed by atoms with Gasteiger partial charge in [0.05, 0.1) is 6.54 Å². The summed E-state index contributed by atoms with van der Waals surface area (Å²) in [5, 5.41) is 3.25. The Bertz CT molecular complexity index is 269. The van der Waals surface area contributed by atoms with Crippen LogP contribution in [0.15, 0.2) is 0 Å². The van der Waals surface area contributed by atoms with E-state index in [9.17, 15) is 4.79 Å². The zero-order valence-corrected chi connectivity index (χ0v) is 13.3. The molecular weight excluding hydrogens is 238 g/mol. The van der Waals surface area contributed by atoms with Crippen molar-refractivity contribution in [1.29, 1.82) is 0 Å². The van der Waals surface area contributed by atoms with Crippen LogP contribution in [0.2, 0.25) is 0 Å². The van der Waals surface area contributed by atoms with E-state index >= 15 is 0 Å². The molecule has 0 aromatic carbocycles. The highest BCUT2D eigenvalue weighted by Gasteiger charge is 2.25. The van der Waals surface area contributed by atoms with Crippen molar-refractivity contribution in [2.24, 2.45) is 5.92 Å². The van der Waals surface area contributed by atoms with Gasteiger partial charge >= 0.3 is 0 Å². The van der Waals surface area contributed by atoms with Crippen LogP contribution < -0.4 is 5.32 Å². The van der Waals surface area contributed by atoms with Gasteiger partial charge in [0.15, 0.2) is 0 Å². The van der Waals surface area contributed by atoms with Gasteiger partial charge in [-0.1, -0.05) is 0 Å². The van der Waals surface area contributed by atoms with Gasteiger partial charge < -0.3 is 10.2 Å². The highest BCUT2D eigenvalue weighted by molar-refractivity contribution is 5.78. The molecule has 4 nitrogen and oxygen atoms in total. The number of piperidine rings is 1. The monoisotopic (exact) mass is 269 g/mol. The van der Waals surface area contributed by atoms with Crippen LogP contribution in [0, 0.1) is 5.92 Å². The standard InChI is InChI=1S/C15H31N3O/c1-12(2)18(13(3)4)15(19)11-17-8-6-7-14(10-17)9-16-5/h12-14,16H,6-11H2,1-5H3. The van der Waals surface area contributed by atoms with Crippen molar-refractivity contribution in [2.75, 3.05) is 33.2 Å². The highest BCUT2D eigenvalue weighted by Crippen LogP contribution is 2.16. The Morgan fingerprint density at radius 2 is 1.95 bits per heavy atom. The van der Waals surface area contributed by atoms with Crippen molar-refractivity contribution < 1.29 is 4.79 Å². The molecule has 1 unspecified atom stereocenters. The van der Waals surface area contributed by atoms with Crippen molar-refractivity contribution in [3.8, 4) is 0 Å². The fourth-order valence-electron chi connectivity index (χ4n) is 3.20. The molecule has 0 radical (unpaired) electrons. The summed E-state index contributed by atoms with van der Waals surface area (Å²) in [5.74, 6) is 0.966. The summed E-state index contributed by atoms with van der Waals surface area (Å²) >= 11 is 0. The first-order valence-electron chi connectivity index (χ1n) is 7.63. The third-order valence-corrected chi connectivity index (χ3v) is 3.86. The number of nitrogens with one attached hydrogen (secondary N) is 1. The first kappa shape index (κ1) is 16.4. The van der Waals surface area contributed by atoms with Crippen LogP contribution in [0.3, 0.4) is 0 Å². The van der Waals surface area contributed by atoms with Crippen molar-refractivity contribution in [3.05, 3.63) is 0 Å². The van der Waals surface area contributed by atoms with E-state index in [4.69, 9.17) is 0 Å². The Labute approximate surface area is 118 Å². The Morgan fingerprint density at radius 3 is 2.47 bits per heavy atom. The molecule has 1 fully saturated rings. The molecule has 0 aromatic heterocycles. The van der Waals surface area contributed by atoms with Gasteiger partial charge in [0.1, 0.15) is 0 Å². The van der Waals surface area contributed by atoms with Crippen molar-refractivity contribution >= 4 is 5.91 Å². The van der Waals surface area contributed by atoms with E-state index in [2.05, 4.69) is 37.9 Å². The van der Waals surface area contributed by atoms with Crippen LogP contribution in [0.4, 0.5) is 0 Å². The molecule has 0 spiro atoms. The first-order valence-corrected chi connectivity index (χ1v) is 7.63. The number of amides is 1. The summed E-state index contributed by atoms with van der Waals surface area (Å²) in [6.45, 7) is 12.1. The molecule has 1 heterocycles. The number of rotatable bonds is 6. The summed E-state index contributed by atoms with van der Waals surface area (Å²) in [6, 6.07) is 0.566. The highest BCUT2D eigenvalue weighted by atomic mass is 16.2. The van der Waals surface area contributed by atoms with Crippen LogP contribution in [-0.2, 0) is 4.79 Å². The first-order chi connectivity index (χ1) is 8.95. The number of hydrogen-bond acceptors (Lipinski definition) is 3. The zero-order valence-electron chi connectivity index (χ0n) is 13.3. The molecule has 0 saturated carbocycles. The van der Waals surface area contributed by atoms with Crippen LogP contribution in [0.25, 0.3) is 0 Å². The second kappa shape index (κ2) is 7.85. The van der Waals surface area contributed by atoms with E-state index in [-0.39, 0.29) is 18.0 Å². The largest absolute Gasteiger partial charge is 0.337 e. The molecule has 4 heteroatoms. The lowest BCUT2D eigenvalue weighted by molar-refractivity contribution is -0.136. The molecule has 1 amide bonds. The van der Waals surface area contributed by atoms with Gasteiger partial charge in [-0.05, 0) is 66.6 Å². The maximum Gasteiger partial charge on any atom is 0.237 e. The minimum Gasteiger partial charge on any atom is -0.337 e. The molecule has 1 saturated heterocycles. The van der Waals surface area contributed by atoms with Crippen LogP contribution in [0.1, 0.15) is 40.5 Å². The number of carbonyl (C=O) groups is 1. The van der Waals surface area contributed by atoms with E-state index in [1.807, 2.05) is 11.9 Å². The lowest BCUT2D eigenvalue weighted by Crippen LogP contribution is -2.49. The number of hydrogen-bond donors (Lipinski definition) is 1. The van der Waals surface area contributed by atoms with Crippen LogP contribution >= 0.6 is 0 Å². The van der Waals surface area contributed by atoms with E-state index in [0.29, 0.717) is 12.5 Å². The lowest BCUT2D eigenvalue weighted by atomic mass is 9.98. The Balaban J connectivity index is 2.50. The van der Waals surface area contributed by atoms with E-state index in [0.717, 1.165) is 19.6 Å². The molecular formula is C15H31N3O. The molecule has 1 rings (SSSR count). The SMILES string of the molecule is CNCC1CCCN(CC(=O)N(C(C)C)C(C)C)C1. The fraction of sp³-hybridized carbons (Fsp3) is 0.933. The maximum atomic E-state index is 12.4. The fourth-order valence-corrected chi connectivity index (χ4v) is 3.20. The third-order valence-electron chi connectivity index (χ3n) is 3.86. The van der Waals surface area contributed by atoms with Crippen molar-refractivity contribution in [3.63, 3.8) is 0 Å². The molecule has 112 valence electrons. The van der Waals surface area contributed by atoms with Gasteiger partial charge in [0.25, 0.3) is 0 Å². The summed E-state index contributed by atoms with van der Waals surface area (Å²) in [6.07, 6.45) is 2.49. The second-order valence-corrected chi connectivity index (χ2v) is 6.29. The molecule has 1 aliphatic heterocycles. The van der Waals surface area contributed by atoms with Crippen LogP contribution in [0.5, 0.6) is 0 Å². The van der Waals surface area contributed by atoms with Gasteiger partial charge in [-0.2, -0.15) is 0 Å².